The molecule has 4 nitrogen and oxygen atoms in total. The highest BCUT2D eigenvalue weighted by molar-refractivity contribution is 6.31. The van der Waals surface area contributed by atoms with Crippen LogP contribution in [-0.2, 0) is 16.0 Å². The zero-order valence-corrected chi connectivity index (χ0v) is 13.6. The number of hydrogen-bond acceptors (Lipinski definition) is 2. The van der Waals surface area contributed by atoms with Crippen LogP contribution >= 0.6 is 11.6 Å². The molecule has 0 aliphatic heterocycles. The van der Waals surface area contributed by atoms with Crippen LogP contribution < -0.4 is 10.6 Å². The standard InChI is InChI=1S/C17H15ClF2N2O2/c1-10(23)21-15-6-4-12(18)9-16(15)22-17(24)7-3-11-2-5-13(19)14(20)8-11/h2,4-6,8-9H,3,7H2,1H3,(H,21,23)(H,22,24). The van der Waals surface area contributed by atoms with Gasteiger partial charge in [0.1, 0.15) is 0 Å². The number of amides is 2. The number of carbonyl (C=O) groups is 2. The lowest BCUT2D eigenvalue weighted by atomic mass is 10.1. The van der Waals surface area contributed by atoms with E-state index in [0.717, 1.165) is 12.1 Å². The van der Waals surface area contributed by atoms with E-state index in [2.05, 4.69) is 10.6 Å². The third-order valence-electron chi connectivity index (χ3n) is 3.19. The van der Waals surface area contributed by atoms with E-state index in [-0.39, 0.29) is 24.7 Å². The van der Waals surface area contributed by atoms with Crippen molar-refractivity contribution in [3.8, 4) is 0 Å². The van der Waals surface area contributed by atoms with Crippen molar-refractivity contribution in [2.45, 2.75) is 19.8 Å². The molecule has 0 unspecified atom stereocenters. The van der Waals surface area contributed by atoms with Crippen molar-refractivity contribution in [2.75, 3.05) is 10.6 Å². The first-order chi connectivity index (χ1) is 11.3. The molecule has 2 amide bonds. The molecule has 126 valence electrons. The van der Waals surface area contributed by atoms with E-state index in [1.54, 1.807) is 12.1 Å². The number of hydrogen-bond donors (Lipinski definition) is 2. The lowest BCUT2D eigenvalue weighted by Gasteiger charge is -2.12. The number of carbonyl (C=O) groups excluding carboxylic acids is 2. The maximum Gasteiger partial charge on any atom is 0.224 e. The van der Waals surface area contributed by atoms with Crippen LogP contribution in [0.2, 0.25) is 5.02 Å². The number of rotatable bonds is 5. The predicted molar refractivity (Wildman–Crippen MR) is 89.1 cm³/mol. The fraction of sp³-hybridized carbons (Fsp3) is 0.176. The van der Waals surface area contributed by atoms with E-state index in [1.807, 2.05) is 0 Å². The Hall–Kier alpha value is -2.47. The third-order valence-corrected chi connectivity index (χ3v) is 3.43. The quantitative estimate of drug-likeness (QED) is 0.849. The molecular weight excluding hydrogens is 338 g/mol. The highest BCUT2D eigenvalue weighted by atomic mass is 35.5. The Kier molecular flexibility index (Phi) is 5.87. The molecule has 0 aromatic heterocycles. The zero-order chi connectivity index (χ0) is 17.7. The second kappa shape index (κ2) is 7.88. The van der Waals surface area contributed by atoms with Gasteiger partial charge in [-0.15, -0.1) is 0 Å². The number of halogens is 3. The Bertz CT molecular complexity index is 781. The SMILES string of the molecule is CC(=O)Nc1ccc(Cl)cc1NC(=O)CCc1ccc(F)c(F)c1. The van der Waals surface area contributed by atoms with E-state index >= 15 is 0 Å². The molecule has 0 bridgehead atoms. The Morgan fingerprint density at radius 3 is 2.42 bits per heavy atom. The van der Waals surface area contributed by atoms with E-state index in [4.69, 9.17) is 11.6 Å². The molecule has 2 N–H and O–H groups in total. The number of aryl methyl sites for hydroxylation is 1. The van der Waals surface area contributed by atoms with Crippen molar-refractivity contribution in [3.63, 3.8) is 0 Å². The van der Waals surface area contributed by atoms with Gasteiger partial charge in [0.05, 0.1) is 11.4 Å². The average Bonchev–Trinajstić information content (AvgIpc) is 2.51. The van der Waals surface area contributed by atoms with Crippen molar-refractivity contribution < 1.29 is 18.4 Å². The summed E-state index contributed by atoms with van der Waals surface area (Å²) in [5, 5.41) is 5.64. The van der Waals surface area contributed by atoms with Gasteiger partial charge in [-0.05, 0) is 42.3 Å². The monoisotopic (exact) mass is 352 g/mol. The van der Waals surface area contributed by atoms with Crippen LogP contribution in [-0.4, -0.2) is 11.8 Å². The van der Waals surface area contributed by atoms with Crippen LogP contribution in [0.1, 0.15) is 18.9 Å². The molecule has 2 aromatic carbocycles. The average molecular weight is 353 g/mol. The van der Waals surface area contributed by atoms with Crippen LogP contribution in [0, 0.1) is 11.6 Å². The fourth-order valence-corrected chi connectivity index (χ4v) is 2.26. The molecule has 0 heterocycles. The highest BCUT2D eigenvalue weighted by Gasteiger charge is 2.10. The van der Waals surface area contributed by atoms with E-state index in [0.29, 0.717) is 22.0 Å². The molecule has 7 heteroatoms. The van der Waals surface area contributed by atoms with Crippen molar-refractivity contribution in [2.24, 2.45) is 0 Å². The molecule has 0 radical (unpaired) electrons. The Balaban J connectivity index is 2.02. The molecule has 0 spiro atoms. The summed E-state index contributed by atoms with van der Waals surface area (Å²) in [4.78, 5) is 23.2. The van der Waals surface area contributed by atoms with Gasteiger partial charge in [-0.2, -0.15) is 0 Å². The van der Waals surface area contributed by atoms with Crippen LogP contribution in [0.15, 0.2) is 36.4 Å². The predicted octanol–water partition coefficient (Wildman–Crippen LogP) is 4.15. The molecular formula is C17H15ClF2N2O2. The van der Waals surface area contributed by atoms with Crippen LogP contribution in [0.4, 0.5) is 20.2 Å². The number of benzene rings is 2. The molecule has 0 atom stereocenters. The zero-order valence-electron chi connectivity index (χ0n) is 12.8. The van der Waals surface area contributed by atoms with E-state index < -0.39 is 11.6 Å². The molecule has 0 saturated heterocycles. The van der Waals surface area contributed by atoms with Gasteiger partial charge in [-0.25, -0.2) is 8.78 Å². The fourth-order valence-electron chi connectivity index (χ4n) is 2.08. The van der Waals surface area contributed by atoms with E-state index in [9.17, 15) is 18.4 Å². The topological polar surface area (TPSA) is 58.2 Å². The molecule has 2 rings (SSSR count). The minimum atomic E-state index is -0.948. The third kappa shape index (κ3) is 5.03. The summed E-state index contributed by atoms with van der Waals surface area (Å²) < 4.78 is 26.0. The first kappa shape index (κ1) is 17.9. The molecule has 24 heavy (non-hydrogen) atoms. The number of nitrogens with one attached hydrogen (secondary N) is 2. The molecule has 0 saturated carbocycles. The lowest BCUT2D eigenvalue weighted by molar-refractivity contribution is -0.116. The smallest absolute Gasteiger partial charge is 0.224 e. The molecule has 2 aromatic rings. The van der Waals surface area contributed by atoms with Crippen molar-refractivity contribution >= 4 is 34.8 Å². The van der Waals surface area contributed by atoms with Crippen LogP contribution in [0.5, 0.6) is 0 Å². The molecule has 0 fully saturated rings. The van der Waals surface area contributed by atoms with Gasteiger partial charge in [0.25, 0.3) is 0 Å². The Labute approximate surface area is 142 Å². The maximum atomic E-state index is 13.1. The molecule has 0 aliphatic carbocycles. The van der Waals surface area contributed by atoms with Crippen LogP contribution in [0.25, 0.3) is 0 Å². The van der Waals surface area contributed by atoms with Crippen molar-refractivity contribution in [1.29, 1.82) is 0 Å². The first-order valence-corrected chi connectivity index (χ1v) is 7.54. The minimum Gasteiger partial charge on any atom is -0.325 e. The van der Waals surface area contributed by atoms with Gasteiger partial charge in [0.15, 0.2) is 11.6 Å². The lowest BCUT2D eigenvalue weighted by Crippen LogP contribution is -2.15. The summed E-state index contributed by atoms with van der Waals surface area (Å²) >= 11 is 5.90. The summed E-state index contributed by atoms with van der Waals surface area (Å²) in [6, 6.07) is 8.19. The normalized spacial score (nSPS) is 10.3. The Morgan fingerprint density at radius 2 is 1.75 bits per heavy atom. The largest absolute Gasteiger partial charge is 0.325 e. The van der Waals surface area contributed by atoms with Crippen molar-refractivity contribution in [3.05, 3.63) is 58.6 Å². The van der Waals surface area contributed by atoms with Crippen molar-refractivity contribution in [1.82, 2.24) is 0 Å². The summed E-state index contributed by atoms with van der Waals surface area (Å²) in [6.07, 6.45) is 0.316. The van der Waals surface area contributed by atoms with Crippen LogP contribution in [0.3, 0.4) is 0 Å². The second-order valence-corrected chi connectivity index (χ2v) is 5.60. The Morgan fingerprint density at radius 1 is 1.00 bits per heavy atom. The molecule has 0 aliphatic rings. The minimum absolute atomic E-state index is 0.0666. The van der Waals surface area contributed by atoms with Gasteiger partial charge < -0.3 is 10.6 Å². The highest BCUT2D eigenvalue weighted by Crippen LogP contribution is 2.26. The van der Waals surface area contributed by atoms with Gasteiger partial charge in [0, 0.05) is 18.4 Å². The number of anilines is 2. The first-order valence-electron chi connectivity index (χ1n) is 7.16. The van der Waals surface area contributed by atoms with Gasteiger partial charge in [0.2, 0.25) is 11.8 Å². The van der Waals surface area contributed by atoms with Gasteiger partial charge in [-0.3, -0.25) is 9.59 Å². The van der Waals surface area contributed by atoms with E-state index in [1.165, 1.54) is 19.1 Å². The summed E-state index contributed by atoms with van der Waals surface area (Å²) in [6.45, 7) is 1.35. The second-order valence-electron chi connectivity index (χ2n) is 5.17. The van der Waals surface area contributed by atoms with Gasteiger partial charge >= 0.3 is 0 Å². The summed E-state index contributed by atoms with van der Waals surface area (Å²) in [7, 11) is 0. The maximum absolute atomic E-state index is 13.1. The summed E-state index contributed by atoms with van der Waals surface area (Å²) in [5.41, 5.74) is 1.30. The van der Waals surface area contributed by atoms with Gasteiger partial charge in [-0.1, -0.05) is 17.7 Å². The summed E-state index contributed by atoms with van der Waals surface area (Å²) in [5.74, 6) is -2.50.